The molecule has 0 saturated carbocycles. The lowest BCUT2D eigenvalue weighted by Gasteiger charge is -2.03. The highest BCUT2D eigenvalue weighted by Gasteiger charge is 2.05. The van der Waals surface area contributed by atoms with Crippen molar-refractivity contribution in [3.63, 3.8) is 0 Å². The van der Waals surface area contributed by atoms with Crippen LogP contribution in [0.2, 0.25) is 0 Å². The van der Waals surface area contributed by atoms with E-state index in [1.54, 1.807) is 0 Å². The summed E-state index contributed by atoms with van der Waals surface area (Å²) in [5.41, 5.74) is 0.685. The Hall–Kier alpha value is 1.30. The van der Waals surface area contributed by atoms with Crippen LogP contribution < -0.4 is 0 Å². The maximum absolute atomic E-state index is 5.99. The molecule has 0 bridgehead atoms. The SMILES string of the molecule is CCCC(Cl)N=Nc1cc(I)c(I)cc1I. The lowest BCUT2D eigenvalue weighted by molar-refractivity contribution is 0.729. The Balaban J connectivity index is 2.85. The van der Waals surface area contributed by atoms with Crippen molar-refractivity contribution in [2.24, 2.45) is 10.2 Å². The third-order valence-electron chi connectivity index (χ3n) is 1.81. The molecule has 0 fully saturated rings. The number of azo groups is 1. The van der Waals surface area contributed by atoms with E-state index in [4.69, 9.17) is 11.6 Å². The highest BCUT2D eigenvalue weighted by atomic mass is 127. The Bertz CT molecular complexity index is 396. The average Bonchev–Trinajstić information content (AvgIpc) is 2.22. The summed E-state index contributed by atoms with van der Waals surface area (Å²) >= 11 is 12.9. The molecule has 1 rings (SSSR count). The second-order valence-corrected chi connectivity index (χ2v) is 7.15. The second kappa shape index (κ2) is 7.67. The zero-order chi connectivity index (χ0) is 12.1. The van der Waals surface area contributed by atoms with Crippen molar-refractivity contribution in [2.75, 3.05) is 0 Å². The van der Waals surface area contributed by atoms with Crippen LogP contribution in [0.25, 0.3) is 0 Å². The number of halogens is 4. The first-order valence-electron chi connectivity index (χ1n) is 4.74. The van der Waals surface area contributed by atoms with Crippen molar-refractivity contribution in [1.82, 2.24) is 0 Å². The fourth-order valence-corrected chi connectivity index (χ4v) is 3.36. The van der Waals surface area contributed by atoms with Gasteiger partial charge in [0.1, 0.15) is 5.50 Å². The van der Waals surface area contributed by atoms with Gasteiger partial charge in [-0.05, 0) is 86.3 Å². The van der Waals surface area contributed by atoms with Crippen LogP contribution in [0, 0.1) is 10.7 Å². The first-order valence-corrected chi connectivity index (χ1v) is 8.41. The van der Waals surface area contributed by atoms with E-state index < -0.39 is 0 Å². The van der Waals surface area contributed by atoms with Crippen LogP contribution in [0.15, 0.2) is 22.4 Å². The minimum atomic E-state index is -0.210. The molecule has 0 N–H and O–H groups in total. The van der Waals surface area contributed by atoms with Gasteiger partial charge in [-0.2, -0.15) is 10.2 Å². The van der Waals surface area contributed by atoms with Crippen molar-refractivity contribution >= 4 is 85.1 Å². The summed E-state index contributed by atoms with van der Waals surface area (Å²) in [6.45, 7) is 2.09. The van der Waals surface area contributed by atoms with Crippen LogP contribution in [0.5, 0.6) is 0 Å². The van der Waals surface area contributed by atoms with Crippen molar-refractivity contribution in [3.8, 4) is 0 Å². The van der Waals surface area contributed by atoms with Crippen LogP contribution in [0.4, 0.5) is 5.69 Å². The zero-order valence-electron chi connectivity index (χ0n) is 8.55. The molecule has 1 atom stereocenters. The summed E-state index contributed by atoms with van der Waals surface area (Å²) in [6.07, 6.45) is 1.89. The van der Waals surface area contributed by atoms with E-state index in [1.165, 1.54) is 7.14 Å². The molecule has 6 heteroatoms. The first kappa shape index (κ1) is 15.4. The Morgan fingerprint density at radius 2 is 1.81 bits per heavy atom. The largest absolute Gasteiger partial charge is 0.169 e. The van der Waals surface area contributed by atoms with Gasteiger partial charge in [-0.15, -0.1) is 0 Å². The Morgan fingerprint density at radius 3 is 2.44 bits per heavy atom. The second-order valence-electron chi connectivity index (χ2n) is 3.16. The monoisotopic (exact) mass is 574 g/mol. The number of rotatable bonds is 4. The number of hydrogen-bond acceptors (Lipinski definition) is 2. The molecular weight excluding hydrogens is 564 g/mol. The van der Waals surface area contributed by atoms with Crippen LogP contribution in [-0.2, 0) is 0 Å². The Labute approximate surface area is 141 Å². The Morgan fingerprint density at radius 1 is 1.19 bits per heavy atom. The van der Waals surface area contributed by atoms with E-state index in [2.05, 4.69) is 91.0 Å². The fraction of sp³-hybridized carbons (Fsp3) is 0.400. The van der Waals surface area contributed by atoms with E-state index in [9.17, 15) is 0 Å². The van der Waals surface area contributed by atoms with E-state index in [1.807, 2.05) is 6.07 Å². The summed E-state index contributed by atoms with van der Waals surface area (Å²) in [7, 11) is 0. The van der Waals surface area contributed by atoms with E-state index in [0.29, 0.717) is 0 Å². The van der Waals surface area contributed by atoms with Crippen molar-refractivity contribution in [3.05, 3.63) is 22.8 Å². The van der Waals surface area contributed by atoms with Gasteiger partial charge in [0, 0.05) is 10.7 Å². The topological polar surface area (TPSA) is 24.7 Å². The molecule has 88 valence electrons. The highest BCUT2D eigenvalue weighted by molar-refractivity contribution is 14.1. The van der Waals surface area contributed by atoms with Gasteiger partial charge in [0.2, 0.25) is 0 Å². The standard InChI is InChI=1S/C10H10ClI3N2/c1-2-3-10(11)16-15-9-5-7(13)6(12)4-8(9)14/h4-5,10H,2-3H2,1H3. The summed E-state index contributed by atoms with van der Waals surface area (Å²) in [5.74, 6) is 0. The summed E-state index contributed by atoms with van der Waals surface area (Å²) in [6, 6.07) is 4.13. The molecular formula is C10H10ClI3N2. The number of hydrogen-bond donors (Lipinski definition) is 0. The van der Waals surface area contributed by atoms with Crippen LogP contribution in [0.1, 0.15) is 19.8 Å². The summed E-state index contributed by atoms with van der Waals surface area (Å²) in [4.78, 5) is 0. The van der Waals surface area contributed by atoms with Crippen LogP contribution in [-0.4, -0.2) is 5.50 Å². The van der Waals surface area contributed by atoms with Gasteiger partial charge in [0.15, 0.2) is 0 Å². The predicted octanol–water partition coefficient (Wildman–Crippen LogP) is 5.95. The summed E-state index contributed by atoms with van der Waals surface area (Å²) < 4.78 is 3.53. The van der Waals surface area contributed by atoms with Gasteiger partial charge in [0.05, 0.1) is 5.69 Å². The molecule has 1 unspecified atom stereocenters. The molecule has 0 aliphatic heterocycles. The molecule has 0 heterocycles. The number of benzene rings is 1. The zero-order valence-corrected chi connectivity index (χ0v) is 15.8. The van der Waals surface area contributed by atoms with Gasteiger partial charge in [-0.3, -0.25) is 0 Å². The molecule has 0 radical (unpaired) electrons. The molecule has 2 nitrogen and oxygen atoms in total. The molecule has 0 aliphatic rings. The van der Waals surface area contributed by atoms with Crippen LogP contribution >= 0.6 is 79.4 Å². The van der Waals surface area contributed by atoms with Crippen molar-refractivity contribution in [2.45, 2.75) is 25.3 Å². The molecule has 16 heavy (non-hydrogen) atoms. The highest BCUT2D eigenvalue weighted by Crippen LogP contribution is 2.28. The maximum Gasteiger partial charge on any atom is 0.144 e. The van der Waals surface area contributed by atoms with E-state index in [0.717, 1.165) is 22.1 Å². The van der Waals surface area contributed by atoms with Gasteiger partial charge in [0.25, 0.3) is 0 Å². The van der Waals surface area contributed by atoms with Gasteiger partial charge < -0.3 is 0 Å². The third kappa shape index (κ3) is 4.89. The van der Waals surface area contributed by atoms with Crippen molar-refractivity contribution < 1.29 is 0 Å². The van der Waals surface area contributed by atoms with Crippen LogP contribution in [0.3, 0.4) is 0 Å². The maximum atomic E-state index is 5.99. The number of alkyl halides is 1. The lowest BCUT2D eigenvalue weighted by atomic mass is 10.3. The van der Waals surface area contributed by atoms with Gasteiger partial charge >= 0.3 is 0 Å². The fourth-order valence-electron chi connectivity index (χ4n) is 1.01. The molecule has 0 amide bonds. The molecule has 0 aliphatic carbocycles. The normalized spacial score (nSPS) is 13.3. The number of nitrogens with zero attached hydrogens (tertiary/aromatic N) is 2. The van der Waals surface area contributed by atoms with Gasteiger partial charge in [-0.1, -0.05) is 24.9 Å². The molecule has 0 aromatic heterocycles. The third-order valence-corrected chi connectivity index (χ3v) is 5.79. The molecule has 0 saturated heterocycles. The van der Waals surface area contributed by atoms with E-state index >= 15 is 0 Å². The van der Waals surface area contributed by atoms with Crippen molar-refractivity contribution in [1.29, 1.82) is 0 Å². The smallest absolute Gasteiger partial charge is 0.144 e. The minimum Gasteiger partial charge on any atom is -0.169 e. The quantitative estimate of drug-likeness (QED) is 0.140. The lowest BCUT2D eigenvalue weighted by Crippen LogP contribution is -1.90. The minimum absolute atomic E-state index is 0.210. The molecule has 1 aromatic carbocycles. The summed E-state index contributed by atoms with van der Waals surface area (Å²) in [5, 5.41) is 8.30. The predicted molar refractivity (Wildman–Crippen MR) is 93.7 cm³/mol. The Kier molecular flexibility index (Phi) is 7.36. The van der Waals surface area contributed by atoms with Gasteiger partial charge in [-0.25, -0.2) is 0 Å². The van der Waals surface area contributed by atoms with E-state index in [-0.39, 0.29) is 5.50 Å². The molecule has 0 spiro atoms. The average molecular weight is 574 g/mol. The first-order chi connectivity index (χ1) is 7.54. The molecule has 1 aromatic rings.